The molecule has 1 aromatic rings. The molecule has 1 aliphatic rings. The zero-order valence-electron chi connectivity index (χ0n) is 12.8. The van der Waals surface area contributed by atoms with E-state index in [9.17, 15) is 4.79 Å². The smallest absolute Gasteiger partial charge is 0.314 e. The highest BCUT2D eigenvalue weighted by atomic mass is 16.2. The molecule has 0 bridgehead atoms. The maximum absolute atomic E-state index is 11.7. The molecule has 0 atom stereocenters. The average molecular weight is 289 g/mol. The molecule has 21 heavy (non-hydrogen) atoms. The van der Waals surface area contributed by atoms with E-state index in [2.05, 4.69) is 39.8 Å². The summed E-state index contributed by atoms with van der Waals surface area (Å²) in [7, 11) is 0. The number of nitrogens with zero attached hydrogens (tertiary/aromatic N) is 1. The molecule has 1 aromatic carbocycles. The lowest BCUT2D eigenvalue weighted by molar-refractivity contribution is 0.220. The molecule has 0 spiro atoms. The molecule has 0 unspecified atom stereocenters. The Kier molecular flexibility index (Phi) is 7.08. The minimum Gasteiger partial charge on any atom is -0.338 e. The summed E-state index contributed by atoms with van der Waals surface area (Å²) in [5.74, 6) is 0. The van der Waals surface area contributed by atoms with E-state index in [0.29, 0.717) is 0 Å². The third kappa shape index (κ3) is 6.63. The van der Waals surface area contributed by atoms with Crippen LogP contribution in [-0.4, -0.2) is 43.7 Å². The summed E-state index contributed by atoms with van der Waals surface area (Å²) in [5.41, 5.74) is 1.32. The fourth-order valence-electron chi connectivity index (χ4n) is 2.71. The second kappa shape index (κ2) is 9.40. The van der Waals surface area contributed by atoms with Crippen molar-refractivity contribution in [2.75, 3.05) is 32.7 Å². The molecular formula is C17H27N3O. The first-order valence-electron chi connectivity index (χ1n) is 8.12. The molecule has 4 heteroatoms. The molecule has 116 valence electrons. The predicted molar refractivity (Wildman–Crippen MR) is 86.5 cm³/mol. The van der Waals surface area contributed by atoms with Crippen LogP contribution in [0.2, 0.25) is 0 Å². The Morgan fingerprint density at radius 2 is 1.71 bits per heavy atom. The molecule has 2 amide bonds. The van der Waals surface area contributed by atoms with Crippen LogP contribution in [0.4, 0.5) is 4.79 Å². The van der Waals surface area contributed by atoms with E-state index in [-0.39, 0.29) is 6.03 Å². The number of rotatable bonds is 7. The molecule has 0 aromatic heterocycles. The average Bonchev–Trinajstić information content (AvgIpc) is 2.54. The van der Waals surface area contributed by atoms with Crippen molar-refractivity contribution < 1.29 is 4.79 Å². The van der Waals surface area contributed by atoms with Gasteiger partial charge in [0, 0.05) is 19.6 Å². The van der Waals surface area contributed by atoms with Crippen molar-refractivity contribution in [2.24, 2.45) is 0 Å². The normalized spacial score (nSPS) is 15.6. The van der Waals surface area contributed by atoms with Crippen molar-refractivity contribution in [1.82, 2.24) is 15.5 Å². The summed E-state index contributed by atoms with van der Waals surface area (Å²) in [6, 6.07) is 10.3. The number of hydrogen-bond donors (Lipinski definition) is 2. The van der Waals surface area contributed by atoms with Gasteiger partial charge in [-0.15, -0.1) is 0 Å². The number of piperidine rings is 1. The lowest BCUT2D eigenvalue weighted by Gasteiger charge is -2.26. The van der Waals surface area contributed by atoms with Gasteiger partial charge in [-0.3, -0.25) is 0 Å². The number of carbonyl (C=O) groups excluding carboxylic acids is 1. The van der Waals surface area contributed by atoms with Crippen molar-refractivity contribution in [1.29, 1.82) is 0 Å². The Bertz CT molecular complexity index is 402. The summed E-state index contributed by atoms with van der Waals surface area (Å²) < 4.78 is 0. The first kappa shape index (κ1) is 15.8. The van der Waals surface area contributed by atoms with Crippen LogP contribution >= 0.6 is 0 Å². The van der Waals surface area contributed by atoms with Crippen LogP contribution in [0.1, 0.15) is 31.2 Å². The standard InChI is InChI=1S/C17H27N3O/c21-17(19-12-15-20-13-5-2-6-14-20)18-11-7-10-16-8-3-1-4-9-16/h1,3-4,8-9H,2,5-7,10-15H2,(H2,18,19,21). The van der Waals surface area contributed by atoms with E-state index in [1.54, 1.807) is 0 Å². The highest BCUT2D eigenvalue weighted by molar-refractivity contribution is 5.73. The number of hydrogen-bond acceptors (Lipinski definition) is 2. The van der Waals surface area contributed by atoms with Crippen LogP contribution in [-0.2, 0) is 6.42 Å². The summed E-state index contributed by atoms with van der Waals surface area (Å²) in [5, 5.41) is 5.86. The van der Waals surface area contributed by atoms with Gasteiger partial charge >= 0.3 is 6.03 Å². The lowest BCUT2D eigenvalue weighted by atomic mass is 10.1. The quantitative estimate of drug-likeness (QED) is 0.757. The predicted octanol–water partition coefficient (Wildman–Crippen LogP) is 2.40. The molecule has 1 heterocycles. The van der Waals surface area contributed by atoms with Gasteiger partial charge in [0.25, 0.3) is 0 Å². The number of carbonyl (C=O) groups is 1. The van der Waals surface area contributed by atoms with Gasteiger partial charge in [0.15, 0.2) is 0 Å². The summed E-state index contributed by atoms with van der Waals surface area (Å²) in [6.07, 6.45) is 5.93. The third-order valence-corrected chi connectivity index (χ3v) is 3.93. The minimum atomic E-state index is -0.0416. The topological polar surface area (TPSA) is 44.4 Å². The fraction of sp³-hybridized carbons (Fsp3) is 0.588. The van der Waals surface area contributed by atoms with Crippen molar-refractivity contribution in [2.45, 2.75) is 32.1 Å². The number of urea groups is 1. The van der Waals surface area contributed by atoms with Crippen LogP contribution in [0, 0.1) is 0 Å². The van der Waals surface area contributed by atoms with Gasteiger partial charge in [-0.2, -0.15) is 0 Å². The maximum Gasteiger partial charge on any atom is 0.314 e. The van der Waals surface area contributed by atoms with E-state index >= 15 is 0 Å². The molecule has 1 fully saturated rings. The summed E-state index contributed by atoms with van der Waals surface area (Å²) >= 11 is 0. The van der Waals surface area contributed by atoms with Crippen molar-refractivity contribution in [3.8, 4) is 0 Å². The highest BCUT2D eigenvalue weighted by Gasteiger charge is 2.09. The number of likely N-dealkylation sites (tertiary alicyclic amines) is 1. The SMILES string of the molecule is O=C(NCCCc1ccccc1)NCCN1CCCCC1. The fourth-order valence-corrected chi connectivity index (χ4v) is 2.71. The van der Waals surface area contributed by atoms with E-state index in [0.717, 1.165) is 32.5 Å². The Labute approximate surface area is 127 Å². The van der Waals surface area contributed by atoms with Gasteiger partial charge in [-0.05, 0) is 44.3 Å². The molecule has 0 aliphatic carbocycles. The van der Waals surface area contributed by atoms with Crippen LogP contribution in [0.3, 0.4) is 0 Å². The van der Waals surface area contributed by atoms with Crippen LogP contribution in [0.5, 0.6) is 0 Å². The number of nitrogens with one attached hydrogen (secondary N) is 2. The summed E-state index contributed by atoms with van der Waals surface area (Å²) in [4.78, 5) is 14.1. The summed E-state index contributed by atoms with van der Waals surface area (Å²) in [6.45, 7) is 4.80. The van der Waals surface area contributed by atoms with Crippen LogP contribution in [0.15, 0.2) is 30.3 Å². The first-order chi connectivity index (χ1) is 10.3. The first-order valence-corrected chi connectivity index (χ1v) is 8.12. The monoisotopic (exact) mass is 289 g/mol. The Balaban J connectivity index is 1.47. The molecule has 1 aliphatic heterocycles. The molecule has 0 radical (unpaired) electrons. The lowest BCUT2D eigenvalue weighted by Crippen LogP contribution is -2.41. The van der Waals surface area contributed by atoms with Gasteiger partial charge in [-0.25, -0.2) is 4.79 Å². The van der Waals surface area contributed by atoms with Crippen molar-refractivity contribution >= 4 is 6.03 Å². The van der Waals surface area contributed by atoms with Gasteiger partial charge in [-0.1, -0.05) is 36.8 Å². The highest BCUT2D eigenvalue weighted by Crippen LogP contribution is 2.07. The number of aryl methyl sites for hydroxylation is 1. The van der Waals surface area contributed by atoms with Gasteiger partial charge in [0.1, 0.15) is 0 Å². The Morgan fingerprint density at radius 3 is 2.48 bits per heavy atom. The second-order valence-corrected chi connectivity index (χ2v) is 5.67. The van der Waals surface area contributed by atoms with E-state index in [4.69, 9.17) is 0 Å². The maximum atomic E-state index is 11.7. The molecule has 4 nitrogen and oxygen atoms in total. The molecule has 2 N–H and O–H groups in total. The zero-order chi connectivity index (χ0) is 14.8. The van der Waals surface area contributed by atoms with Gasteiger partial charge in [0.2, 0.25) is 0 Å². The molecular weight excluding hydrogens is 262 g/mol. The molecule has 0 saturated carbocycles. The van der Waals surface area contributed by atoms with E-state index < -0.39 is 0 Å². The largest absolute Gasteiger partial charge is 0.338 e. The van der Waals surface area contributed by atoms with Crippen LogP contribution < -0.4 is 10.6 Å². The second-order valence-electron chi connectivity index (χ2n) is 5.67. The number of amides is 2. The van der Waals surface area contributed by atoms with Crippen LogP contribution in [0.25, 0.3) is 0 Å². The van der Waals surface area contributed by atoms with E-state index in [1.807, 2.05) is 6.07 Å². The number of benzene rings is 1. The van der Waals surface area contributed by atoms with Crippen molar-refractivity contribution in [3.63, 3.8) is 0 Å². The van der Waals surface area contributed by atoms with Gasteiger partial charge < -0.3 is 15.5 Å². The minimum absolute atomic E-state index is 0.0416. The third-order valence-electron chi connectivity index (χ3n) is 3.93. The Hall–Kier alpha value is -1.55. The molecule has 1 saturated heterocycles. The Morgan fingerprint density at radius 1 is 1.00 bits per heavy atom. The molecule has 2 rings (SSSR count). The van der Waals surface area contributed by atoms with E-state index in [1.165, 1.54) is 37.9 Å². The van der Waals surface area contributed by atoms with Crippen molar-refractivity contribution in [3.05, 3.63) is 35.9 Å². The zero-order valence-corrected chi connectivity index (χ0v) is 12.8. The van der Waals surface area contributed by atoms with Gasteiger partial charge in [0.05, 0.1) is 0 Å².